The topological polar surface area (TPSA) is 8.17 Å². The number of nitrogens with zero attached hydrogens (tertiary/aromatic N) is 2. The Hall–Kier alpha value is -8.46. The van der Waals surface area contributed by atoms with E-state index in [9.17, 15) is 0 Å². The van der Waals surface area contributed by atoms with Crippen LogP contribution in [0.3, 0.4) is 0 Å². The molecule has 0 spiro atoms. The third-order valence-corrected chi connectivity index (χ3v) is 13.3. The van der Waals surface area contributed by atoms with Gasteiger partial charge in [0, 0.05) is 33.7 Å². The van der Waals surface area contributed by atoms with Crippen molar-refractivity contribution in [1.82, 2.24) is 4.57 Å². The minimum atomic E-state index is 0.993. The van der Waals surface area contributed by atoms with E-state index in [1.807, 2.05) is 0 Å². The molecule has 1 aliphatic carbocycles. The van der Waals surface area contributed by atoms with Gasteiger partial charge < -0.3 is 9.47 Å². The monoisotopic (exact) mass is 842 g/mol. The Balaban J connectivity index is 0.978. The quantitative estimate of drug-likeness (QED) is 0.141. The summed E-state index contributed by atoms with van der Waals surface area (Å²) >= 11 is 0. The van der Waals surface area contributed by atoms with E-state index in [0.717, 1.165) is 29.9 Å². The zero-order valence-electron chi connectivity index (χ0n) is 36.6. The van der Waals surface area contributed by atoms with Gasteiger partial charge in [-0.25, -0.2) is 0 Å². The summed E-state index contributed by atoms with van der Waals surface area (Å²) in [5.74, 6) is 0. The number of anilines is 3. The van der Waals surface area contributed by atoms with Crippen LogP contribution < -0.4 is 4.90 Å². The highest BCUT2D eigenvalue weighted by atomic mass is 15.1. The van der Waals surface area contributed by atoms with Crippen LogP contribution in [0.2, 0.25) is 0 Å². The average Bonchev–Trinajstić information content (AvgIpc) is 3.75. The maximum Gasteiger partial charge on any atom is 0.0576 e. The summed E-state index contributed by atoms with van der Waals surface area (Å²) in [5, 5.41) is 1.33. The molecule has 66 heavy (non-hydrogen) atoms. The van der Waals surface area contributed by atoms with Crippen molar-refractivity contribution in [2.24, 2.45) is 0 Å². The molecule has 2 nitrogen and oxygen atoms in total. The third kappa shape index (κ3) is 7.10. The van der Waals surface area contributed by atoms with E-state index >= 15 is 0 Å². The SMILES string of the molecule is c1ccc(-c2ccc(-c3ccc(N(c4ccc(-c5ccccc5-c5ccccc5)cc4)c4cccc(-c5cccc6c5c5c(n6-c6ccccc6)-c6ccccc6CC5)c4)cc3)cc2)cc1. The second kappa shape index (κ2) is 16.9. The van der Waals surface area contributed by atoms with Gasteiger partial charge in [0.05, 0.1) is 11.2 Å². The van der Waals surface area contributed by atoms with E-state index in [4.69, 9.17) is 0 Å². The first kappa shape index (κ1) is 39.2. The Bertz CT molecular complexity index is 3480. The number of fused-ring (bicyclic) bond motifs is 5. The zero-order chi connectivity index (χ0) is 43.8. The van der Waals surface area contributed by atoms with Crippen LogP contribution in [0.5, 0.6) is 0 Å². The smallest absolute Gasteiger partial charge is 0.0576 e. The summed E-state index contributed by atoms with van der Waals surface area (Å²) in [6.07, 6.45) is 2.02. The lowest BCUT2D eigenvalue weighted by Crippen LogP contribution is -2.10. The second-order valence-electron chi connectivity index (χ2n) is 17.2. The van der Waals surface area contributed by atoms with Gasteiger partial charge in [-0.2, -0.15) is 0 Å². The van der Waals surface area contributed by atoms with Crippen LogP contribution in [-0.4, -0.2) is 4.57 Å². The highest BCUT2D eigenvalue weighted by Crippen LogP contribution is 2.46. The predicted octanol–water partition coefficient (Wildman–Crippen LogP) is 17.2. The first-order valence-corrected chi connectivity index (χ1v) is 23.0. The van der Waals surface area contributed by atoms with Crippen LogP contribution in [0, 0.1) is 0 Å². The van der Waals surface area contributed by atoms with Crippen LogP contribution >= 0.6 is 0 Å². The maximum atomic E-state index is 2.50. The standard InChI is InChI=1S/C64H46N2/c1-4-16-45(17-5-1)46-30-32-47(33-31-46)48-34-39-54(40-35-48)65(55-41-36-51(37-42-55)58-26-13-12-25-57(58)49-18-6-2-7-19-49)56-24-14-21-52(44-56)59-28-15-29-62-63(59)61-43-38-50-20-10-11-27-60(50)64(61)66(62)53-22-8-3-9-23-53/h1-37,39-42,44H,38,43H2. The van der Waals surface area contributed by atoms with Crippen LogP contribution in [0.1, 0.15) is 11.1 Å². The fraction of sp³-hybridized carbons (Fsp3) is 0.0312. The Labute approximate surface area is 387 Å². The molecule has 0 saturated heterocycles. The molecule has 12 rings (SSSR count). The number of aromatic nitrogens is 1. The predicted molar refractivity (Wildman–Crippen MR) is 278 cm³/mol. The van der Waals surface area contributed by atoms with E-state index in [-0.39, 0.29) is 0 Å². The van der Waals surface area contributed by atoms with Gasteiger partial charge in [0.25, 0.3) is 0 Å². The summed E-state index contributed by atoms with van der Waals surface area (Å²) in [5.41, 5.74) is 23.3. The number of para-hydroxylation sites is 1. The van der Waals surface area contributed by atoms with Crippen LogP contribution in [0.25, 0.3) is 83.5 Å². The number of aryl methyl sites for hydroxylation is 2. The third-order valence-electron chi connectivity index (χ3n) is 13.3. The summed E-state index contributed by atoms with van der Waals surface area (Å²) in [7, 11) is 0. The molecule has 312 valence electrons. The summed E-state index contributed by atoms with van der Waals surface area (Å²) in [4.78, 5) is 2.40. The van der Waals surface area contributed by atoms with Crippen molar-refractivity contribution in [1.29, 1.82) is 0 Å². The summed E-state index contributed by atoms with van der Waals surface area (Å²) in [6.45, 7) is 0. The summed E-state index contributed by atoms with van der Waals surface area (Å²) in [6, 6.07) is 92.8. The molecule has 2 heteroatoms. The van der Waals surface area contributed by atoms with Crippen molar-refractivity contribution in [2.75, 3.05) is 4.90 Å². The van der Waals surface area contributed by atoms with E-state index in [1.165, 1.54) is 94.6 Å². The van der Waals surface area contributed by atoms with Crippen LogP contribution in [-0.2, 0) is 12.8 Å². The van der Waals surface area contributed by atoms with E-state index in [0.29, 0.717) is 0 Å². The van der Waals surface area contributed by atoms with E-state index in [1.54, 1.807) is 0 Å². The molecule has 0 fully saturated rings. The molecule has 0 radical (unpaired) electrons. The molecule has 0 N–H and O–H groups in total. The highest BCUT2D eigenvalue weighted by molar-refractivity contribution is 6.04. The number of hydrogen-bond donors (Lipinski definition) is 0. The Morgan fingerprint density at radius 1 is 0.303 bits per heavy atom. The Morgan fingerprint density at radius 3 is 1.39 bits per heavy atom. The molecule has 0 bridgehead atoms. The van der Waals surface area contributed by atoms with Crippen molar-refractivity contribution in [3.05, 3.63) is 266 Å². The molecule has 1 aliphatic rings. The van der Waals surface area contributed by atoms with Crippen molar-refractivity contribution >= 4 is 28.0 Å². The molecule has 0 saturated carbocycles. The lowest BCUT2D eigenvalue weighted by atomic mass is 9.87. The minimum Gasteiger partial charge on any atom is -0.310 e. The Morgan fingerprint density at radius 2 is 0.758 bits per heavy atom. The fourth-order valence-corrected chi connectivity index (χ4v) is 10.2. The average molecular weight is 843 g/mol. The van der Waals surface area contributed by atoms with Gasteiger partial charge in [-0.3, -0.25) is 0 Å². The Kier molecular flexibility index (Phi) is 10.0. The van der Waals surface area contributed by atoms with Crippen molar-refractivity contribution < 1.29 is 0 Å². The molecule has 1 heterocycles. The van der Waals surface area contributed by atoms with Crippen molar-refractivity contribution in [3.63, 3.8) is 0 Å². The van der Waals surface area contributed by atoms with Gasteiger partial charge in [0.2, 0.25) is 0 Å². The molecular weight excluding hydrogens is 797 g/mol. The van der Waals surface area contributed by atoms with Crippen LogP contribution in [0.4, 0.5) is 17.1 Å². The molecule has 0 aliphatic heterocycles. The number of hydrogen-bond acceptors (Lipinski definition) is 1. The second-order valence-corrected chi connectivity index (χ2v) is 17.2. The number of benzene rings is 10. The number of rotatable bonds is 9. The van der Waals surface area contributed by atoms with Crippen LogP contribution in [0.15, 0.2) is 255 Å². The lowest BCUT2D eigenvalue weighted by molar-refractivity contribution is 0.934. The first-order chi connectivity index (χ1) is 32.7. The molecule has 0 amide bonds. The normalized spacial score (nSPS) is 11.8. The molecule has 1 aromatic heterocycles. The van der Waals surface area contributed by atoms with Gasteiger partial charge in [0.1, 0.15) is 0 Å². The van der Waals surface area contributed by atoms with Gasteiger partial charge in [-0.15, -0.1) is 0 Å². The van der Waals surface area contributed by atoms with Gasteiger partial charge >= 0.3 is 0 Å². The largest absolute Gasteiger partial charge is 0.310 e. The molecule has 11 aromatic rings. The van der Waals surface area contributed by atoms with Gasteiger partial charge in [-0.05, 0) is 134 Å². The lowest BCUT2D eigenvalue weighted by Gasteiger charge is -2.27. The first-order valence-electron chi connectivity index (χ1n) is 23.0. The molecule has 10 aromatic carbocycles. The summed E-state index contributed by atoms with van der Waals surface area (Å²) < 4.78 is 2.50. The molecular formula is C64H46N2. The van der Waals surface area contributed by atoms with Crippen molar-refractivity contribution in [3.8, 4) is 72.6 Å². The minimum absolute atomic E-state index is 0.993. The molecule has 0 atom stereocenters. The zero-order valence-corrected chi connectivity index (χ0v) is 36.6. The van der Waals surface area contributed by atoms with Gasteiger partial charge in [0.15, 0.2) is 0 Å². The van der Waals surface area contributed by atoms with Gasteiger partial charge in [-0.1, -0.05) is 200 Å². The maximum absolute atomic E-state index is 2.50. The van der Waals surface area contributed by atoms with E-state index < -0.39 is 0 Å². The molecule has 0 unspecified atom stereocenters. The van der Waals surface area contributed by atoms with E-state index in [2.05, 4.69) is 264 Å². The van der Waals surface area contributed by atoms with Crippen molar-refractivity contribution in [2.45, 2.75) is 12.8 Å². The fourth-order valence-electron chi connectivity index (χ4n) is 10.2. The highest BCUT2D eigenvalue weighted by Gasteiger charge is 2.27.